The molecule has 1 heterocycles. The highest BCUT2D eigenvalue weighted by atomic mass is 35.5. The second-order valence-electron chi connectivity index (χ2n) is 4.85. The summed E-state index contributed by atoms with van der Waals surface area (Å²) >= 11 is 6.10. The molecule has 0 spiro atoms. The summed E-state index contributed by atoms with van der Waals surface area (Å²) in [7, 11) is 0. The van der Waals surface area contributed by atoms with E-state index in [9.17, 15) is 13.6 Å². The minimum absolute atomic E-state index is 0.203. The fourth-order valence-corrected chi connectivity index (χ4v) is 2.45. The second kappa shape index (κ2) is 6.38. The predicted octanol–water partition coefficient (Wildman–Crippen LogP) is 4.29. The molecule has 0 saturated heterocycles. The van der Waals surface area contributed by atoms with Gasteiger partial charge in [-0.1, -0.05) is 17.7 Å². The monoisotopic (exact) mass is 336 g/mol. The number of allylic oxidation sites excluding steroid dienone is 1. The molecule has 6 heteroatoms. The molecule has 0 aliphatic carbocycles. The summed E-state index contributed by atoms with van der Waals surface area (Å²) in [6, 6.07) is 6.09. The maximum absolute atomic E-state index is 13.6. The Labute approximate surface area is 136 Å². The summed E-state index contributed by atoms with van der Waals surface area (Å²) in [4.78, 5) is 12.0. The topological polar surface area (TPSA) is 35.5 Å². The van der Waals surface area contributed by atoms with E-state index in [-0.39, 0.29) is 5.56 Å². The first-order chi connectivity index (χ1) is 11.0. The van der Waals surface area contributed by atoms with Crippen molar-refractivity contribution in [2.45, 2.75) is 0 Å². The molecule has 0 radical (unpaired) electrons. The lowest BCUT2D eigenvalue weighted by atomic mass is 10.1. The molecule has 2 aromatic carbocycles. The maximum Gasteiger partial charge on any atom is 0.188 e. The Morgan fingerprint density at radius 3 is 2.70 bits per heavy atom. The van der Waals surface area contributed by atoms with Crippen molar-refractivity contribution >= 4 is 23.5 Å². The summed E-state index contributed by atoms with van der Waals surface area (Å²) in [6.07, 6.45) is 2.67. The van der Waals surface area contributed by atoms with Crippen molar-refractivity contribution in [3.05, 3.63) is 64.2 Å². The van der Waals surface area contributed by atoms with Crippen molar-refractivity contribution in [2.24, 2.45) is 0 Å². The molecular formula is C17H11ClF2O3. The third kappa shape index (κ3) is 3.35. The second-order valence-corrected chi connectivity index (χ2v) is 5.26. The van der Waals surface area contributed by atoms with Gasteiger partial charge in [0, 0.05) is 6.07 Å². The van der Waals surface area contributed by atoms with Gasteiger partial charge in [0.25, 0.3) is 0 Å². The maximum atomic E-state index is 13.6. The van der Waals surface area contributed by atoms with Crippen LogP contribution in [0.5, 0.6) is 11.5 Å². The van der Waals surface area contributed by atoms with Gasteiger partial charge in [0.15, 0.2) is 17.3 Å². The van der Waals surface area contributed by atoms with Gasteiger partial charge in [-0.15, -0.1) is 0 Å². The molecule has 0 unspecified atom stereocenters. The van der Waals surface area contributed by atoms with Gasteiger partial charge in [-0.2, -0.15) is 0 Å². The first kappa shape index (κ1) is 15.5. The van der Waals surface area contributed by atoms with Crippen LogP contribution in [-0.2, 0) is 0 Å². The molecule has 0 saturated carbocycles. The third-order valence-corrected chi connectivity index (χ3v) is 3.52. The van der Waals surface area contributed by atoms with Gasteiger partial charge in [0.2, 0.25) is 0 Å². The van der Waals surface area contributed by atoms with E-state index in [0.717, 1.165) is 12.1 Å². The fraction of sp³-hybridized carbons (Fsp3) is 0.118. The van der Waals surface area contributed by atoms with Gasteiger partial charge in [0.05, 0.1) is 10.6 Å². The SMILES string of the molecule is O=C(C=Cc1cc(Cl)c2c(c1)OCCO2)c1ccc(F)cc1F. The highest BCUT2D eigenvalue weighted by Gasteiger charge is 2.16. The molecule has 0 amide bonds. The van der Waals surface area contributed by atoms with Gasteiger partial charge in [0.1, 0.15) is 24.8 Å². The van der Waals surface area contributed by atoms with Gasteiger partial charge in [-0.05, 0) is 35.9 Å². The van der Waals surface area contributed by atoms with Gasteiger partial charge >= 0.3 is 0 Å². The van der Waals surface area contributed by atoms with Crippen LogP contribution in [-0.4, -0.2) is 19.0 Å². The molecule has 0 bridgehead atoms. The van der Waals surface area contributed by atoms with Crippen LogP contribution in [0.3, 0.4) is 0 Å². The number of ether oxygens (including phenoxy) is 2. The van der Waals surface area contributed by atoms with E-state index in [2.05, 4.69) is 0 Å². The number of hydrogen-bond donors (Lipinski definition) is 0. The largest absolute Gasteiger partial charge is 0.486 e. The standard InChI is InChI=1S/C17H11ClF2O3/c18-13-7-10(8-16-17(13)23-6-5-22-16)1-4-15(21)12-3-2-11(19)9-14(12)20/h1-4,7-9H,5-6H2. The van der Waals surface area contributed by atoms with Crippen LogP contribution >= 0.6 is 11.6 Å². The molecule has 0 N–H and O–H groups in total. The lowest BCUT2D eigenvalue weighted by Crippen LogP contribution is -2.15. The van der Waals surface area contributed by atoms with Crippen molar-refractivity contribution in [3.63, 3.8) is 0 Å². The van der Waals surface area contributed by atoms with Crippen LogP contribution in [0.4, 0.5) is 8.78 Å². The Morgan fingerprint density at radius 2 is 1.91 bits per heavy atom. The molecule has 118 valence electrons. The minimum atomic E-state index is -0.903. The zero-order valence-electron chi connectivity index (χ0n) is 11.8. The molecule has 0 fully saturated rings. The lowest BCUT2D eigenvalue weighted by Gasteiger charge is -2.19. The average molecular weight is 337 g/mol. The molecule has 2 aromatic rings. The number of carbonyl (C=O) groups is 1. The number of benzene rings is 2. The normalized spacial score (nSPS) is 13.3. The number of halogens is 3. The summed E-state index contributed by atoms with van der Waals surface area (Å²) in [5.74, 6) is -1.26. The van der Waals surface area contributed by atoms with Crippen LogP contribution in [0.15, 0.2) is 36.4 Å². The average Bonchev–Trinajstić information content (AvgIpc) is 2.53. The zero-order chi connectivity index (χ0) is 16.4. The molecule has 23 heavy (non-hydrogen) atoms. The zero-order valence-corrected chi connectivity index (χ0v) is 12.6. The first-order valence-corrected chi connectivity index (χ1v) is 7.19. The van der Waals surface area contributed by atoms with E-state index < -0.39 is 17.4 Å². The van der Waals surface area contributed by atoms with Crippen LogP contribution in [0.1, 0.15) is 15.9 Å². The van der Waals surface area contributed by atoms with E-state index in [4.69, 9.17) is 21.1 Å². The number of fused-ring (bicyclic) bond motifs is 1. The number of carbonyl (C=O) groups excluding carboxylic acids is 1. The Hall–Kier alpha value is -2.40. The highest BCUT2D eigenvalue weighted by Crippen LogP contribution is 2.38. The third-order valence-electron chi connectivity index (χ3n) is 3.24. The van der Waals surface area contributed by atoms with E-state index in [1.54, 1.807) is 12.1 Å². The Balaban J connectivity index is 1.85. The van der Waals surface area contributed by atoms with Crippen molar-refractivity contribution in [1.82, 2.24) is 0 Å². The molecule has 0 aromatic heterocycles. The smallest absolute Gasteiger partial charge is 0.188 e. The summed E-state index contributed by atoms with van der Waals surface area (Å²) in [5, 5.41) is 0.363. The Morgan fingerprint density at radius 1 is 1.13 bits per heavy atom. The summed E-state index contributed by atoms with van der Waals surface area (Å²) in [6.45, 7) is 0.834. The van der Waals surface area contributed by atoms with Gasteiger partial charge in [-0.25, -0.2) is 8.78 Å². The molecule has 0 atom stereocenters. The van der Waals surface area contributed by atoms with E-state index in [1.807, 2.05) is 0 Å². The molecule has 1 aliphatic rings. The van der Waals surface area contributed by atoms with E-state index in [1.165, 1.54) is 12.2 Å². The Kier molecular flexibility index (Phi) is 4.30. The summed E-state index contributed by atoms with van der Waals surface area (Å²) in [5.41, 5.74) is 0.404. The van der Waals surface area contributed by atoms with Crippen LogP contribution in [0, 0.1) is 11.6 Å². The minimum Gasteiger partial charge on any atom is -0.486 e. The quantitative estimate of drug-likeness (QED) is 0.619. The summed E-state index contributed by atoms with van der Waals surface area (Å²) < 4.78 is 37.3. The van der Waals surface area contributed by atoms with Gasteiger partial charge < -0.3 is 9.47 Å². The Bertz CT molecular complexity index is 803. The number of rotatable bonds is 3. The molecule has 3 rings (SSSR count). The number of ketones is 1. The van der Waals surface area contributed by atoms with Crippen LogP contribution in [0.25, 0.3) is 6.08 Å². The molecular weight excluding hydrogens is 326 g/mol. The van der Waals surface area contributed by atoms with Crippen LogP contribution in [0.2, 0.25) is 5.02 Å². The number of hydrogen-bond acceptors (Lipinski definition) is 3. The van der Waals surface area contributed by atoms with Crippen molar-refractivity contribution in [2.75, 3.05) is 13.2 Å². The van der Waals surface area contributed by atoms with E-state index >= 15 is 0 Å². The first-order valence-electron chi connectivity index (χ1n) is 6.81. The van der Waals surface area contributed by atoms with Crippen LogP contribution < -0.4 is 9.47 Å². The highest BCUT2D eigenvalue weighted by molar-refractivity contribution is 6.32. The van der Waals surface area contributed by atoms with Crippen molar-refractivity contribution in [3.8, 4) is 11.5 Å². The van der Waals surface area contributed by atoms with E-state index in [0.29, 0.717) is 41.4 Å². The van der Waals surface area contributed by atoms with Crippen molar-refractivity contribution < 1.29 is 23.0 Å². The fourth-order valence-electron chi connectivity index (χ4n) is 2.18. The molecule has 3 nitrogen and oxygen atoms in total. The van der Waals surface area contributed by atoms with Gasteiger partial charge in [-0.3, -0.25) is 4.79 Å². The lowest BCUT2D eigenvalue weighted by molar-refractivity contribution is 0.104. The predicted molar refractivity (Wildman–Crippen MR) is 82.2 cm³/mol. The molecule has 1 aliphatic heterocycles. The van der Waals surface area contributed by atoms with Crippen molar-refractivity contribution in [1.29, 1.82) is 0 Å².